The van der Waals surface area contributed by atoms with Gasteiger partial charge in [0.15, 0.2) is 0 Å². The highest BCUT2D eigenvalue weighted by molar-refractivity contribution is 4.83. The number of hydrogen-bond donors (Lipinski definition) is 0. The van der Waals surface area contributed by atoms with Crippen LogP contribution in [0.5, 0.6) is 0 Å². The van der Waals surface area contributed by atoms with Crippen molar-refractivity contribution in [3.05, 3.63) is 0 Å². The molecule has 2 unspecified atom stereocenters. The van der Waals surface area contributed by atoms with E-state index in [0.717, 1.165) is 18.0 Å². The molecule has 1 heterocycles. The van der Waals surface area contributed by atoms with Gasteiger partial charge in [0.2, 0.25) is 0 Å². The summed E-state index contributed by atoms with van der Waals surface area (Å²) in [6, 6.07) is 1.68. The average molecular weight is 183 g/mol. The normalized spacial score (nSPS) is 27.0. The fourth-order valence-corrected chi connectivity index (χ4v) is 2.47. The summed E-state index contributed by atoms with van der Waals surface area (Å²) < 4.78 is 0. The first-order chi connectivity index (χ1) is 6.15. The highest BCUT2D eigenvalue weighted by Gasteiger charge is 2.27. The predicted octanol–water partition coefficient (Wildman–Crippen LogP) is 3.30. The first kappa shape index (κ1) is 11.0. The molecular formula is C12H25N. The minimum atomic E-state index is 0.797. The summed E-state index contributed by atoms with van der Waals surface area (Å²) >= 11 is 0. The van der Waals surface area contributed by atoms with Crippen LogP contribution in [0.15, 0.2) is 0 Å². The summed E-state index contributed by atoms with van der Waals surface area (Å²) in [6.45, 7) is 10.7. The molecule has 1 heteroatoms. The Morgan fingerprint density at radius 3 is 2.54 bits per heavy atom. The van der Waals surface area contributed by atoms with Gasteiger partial charge in [-0.05, 0) is 45.1 Å². The molecule has 0 radical (unpaired) electrons. The number of hydrogen-bond acceptors (Lipinski definition) is 1. The smallest absolute Gasteiger partial charge is 0.0101 e. The van der Waals surface area contributed by atoms with Gasteiger partial charge in [-0.1, -0.05) is 20.8 Å². The third-order valence-electron chi connectivity index (χ3n) is 3.32. The van der Waals surface area contributed by atoms with Crippen LogP contribution in [-0.4, -0.2) is 23.5 Å². The molecule has 2 atom stereocenters. The van der Waals surface area contributed by atoms with Gasteiger partial charge in [0.05, 0.1) is 0 Å². The van der Waals surface area contributed by atoms with E-state index in [1.54, 1.807) is 0 Å². The zero-order valence-corrected chi connectivity index (χ0v) is 9.71. The molecule has 1 saturated heterocycles. The highest BCUT2D eigenvalue weighted by atomic mass is 15.2. The average Bonchev–Trinajstić information content (AvgIpc) is 2.50. The quantitative estimate of drug-likeness (QED) is 0.646. The molecule has 1 fully saturated rings. The zero-order chi connectivity index (χ0) is 9.84. The van der Waals surface area contributed by atoms with Crippen LogP contribution in [0.4, 0.5) is 0 Å². The van der Waals surface area contributed by atoms with E-state index < -0.39 is 0 Å². The standard InChI is InChI=1S/C12H25N/c1-5-11(4)13-8-6-7-12(13)9-10(2)3/h10-12H,5-9H2,1-4H3. The molecular weight excluding hydrogens is 158 g/mol. The van der Waals surface area contributed by atoms with Crippen LogP contribution in [0.1, 0.15) is 53.4 Å². The van der Waals surface area contributed by atoms with E-state index in [2.05, 4.69) is 32.6 Å². The monoisotopic (exact) mass is 183 g/mol. The lowest BCUT2D eigenvalue weighted by atomic mass is 10.0. The van der Waals surface area contributed by atoms with Crippen LogP contribution in [0.2, 0.25) is 0 Å². The fraction of sp³-hybridized carbons (Fsp3) is 1.00. The molecule has 0 aromatic carbocycles. The van der Waals surface area contributed by atoms with E-state index in [1.165, 1.54) is 32.2 Å². The summed E-state index contributed by atoms with van der Waals surface area (Å²) in [6.07, 6.45) is 5.54. The van der Waals surface area contributed by atoms with Gasteiger partial charge in [0.1, 0.15) is 0 Å². The Morgan fingerprint density at radius 1 is 1.31 bits per heavy atom. The molecule has 0 aromatic rings. The van der Waals surface area contributed by atoms with Crippen molar-refractivity contribution in [3.63, 3.8) is 0 Å². The van der Waals surface area contributed by atoms with Gasteiger partial charge in [-0.3, -0.25) is 4.90 Å². The number of nitrogens with zero attached hydrogens (tertiary/aromatic N) is 1. The topological polar surface area (TPSA) is 3.24 Å². The molecule has 1 aliphatic heterocycles. The van der Waals surface area contributed by atoms with E-state index in [9.17, 15) is 0 Å². The van der Waals surface area contributed by atoms with Crippen molar-refractivity contribution < 1.29 is 0 Å². The summed E-state index contributed by atoms with van der Waals surface area (Å²) in [5.74, 6) is 0.856. The molecule has 1 rings (SSSR count). The van der Waals surface area contributed by atoms with Crippen LogP contribution < -0.4 is 0 Å². The van der Waals surface area contributed by atoms with E-state index in [1.807, 2.05) is 0 Å². The van der Waals surface area contributed by atoms with Crippen LogP contribution in [0.25, 0.3) is 0 Å². The van der Waals surface area contributed by atoms with Gasteiger partial charge in [0, 0.05) is 12.1 Å². The lowest BCUT2D eigenvalue weighted by Gasteiger charge is -2.31. The van der Waals surface area contributed by atoms with Gasteiger partial charge in [0.25, 0.3) is 0 Å². The van der Waals surface area contributed by atoms with E-state index in [4.69, 9.17) is 0 Å². The van der Waals surface area contributed by atoms with Crippen LogP contribution in [-0.2, 0) is 0 Å². The molecule has 0 spiro atoms. The molecule has 0 aliphatic carbocycles. The zero-order valence-electron chi connectivity index (χ0n) is 9.71. The predicted molar refractivity (Wildman–Crippen MR) is 58.9 cm³/mol. The first-order valence-electron chi connectivity index (χ1n) is 5.90. The van der Waals surface area contributed by atoms with Crippen LogP contribution >= 0.6 is 0 Å². The van der Waals surface area contributed by atoms with Crippen molar-refractivity contribution in [2.45, 2.75) is 65.5 Å². The second-order valence-electron chi connectivity index (χ2n) is 4.92. The van der Waals surface area contributed by atoms with E-state index in [0.29, 0.717) is 0 Å². The van der Waals surface area contributed by atoms with Gasteiger partial charge >= 0.3 is 0 Å². The summed E-state index contributed by atoms with van der Waals surface area (Å²) in [7, 11) is 0. The van der Waals surface area contributed by atoms with Crippen molar-refractivity contribution in [2.75, 3.05) is 6.54 Å². The van der Waals surface area contributed by atoms with E-state index >= 15 is 0 Å². The number of rotatable bonds is 4. The van der Waals surface area contributed by atoms with Crippen molar-refractivity contribution in [3.8, 4) is 0 Å². The molecule has 78 valence electrons. The van der Waals surface area contributed by atoms with Gasteiger partial charge in [-0.25, -0.2) is 0 Å². The van der Waals surface area contributed by atoms with Gasteiger partial charge in [-0.2, -0.15) is 0 Å². The minimum absolute atomic E-state index is 0.797. The molecule has 0 N–H and O–H groups in total. The second-order valence-corrected chi connectivity index (χ2v) is 4.92. The van der Waals surface area contributed by atoms with Gasteiger partial charge < -0.3 is 0 Å². The molecule has 1 aliphatic rings. The fourth-order valence-electron chi connectivity index (χ4n) is 2.47. The van der Waals surface area contributed by atoms with Crippen molar-refractivity contribution in [1.82, 2.24) is 4.90 Å². The highest BCUT2D eigenvalue weighted by Crippen LogP contribution is 2.26. The van der Waals surface area contributed by atoms with Crippen LogP contribution in [0, 0.1) is 5.92 Å². The van der Waals surface area contributed by atoms with Gasteiger partial charge in [-0.15, -0.1) is 0 Å². The lowest BCUT2D eigenvalue weighted by molar-refractivity contribution is 0.168. The Balaban J connectivity index is 2.43. The Bertz CT molecular complexity index is 142. The Labute approximate surface area is 83.5 Å². The van der Waals surface area contributed by atoms with Crippen molar-refractivity contribution in [2.24, 2.45) is 5.92 Å². The Morgan fingerprint density at radius 2 is 2.00 bits per heavy atom. The van der Waals surface area contributed by atoms with Crippen LogP contribution in [0.3, 0.4) is 0 Å². The minimum Gasteiger partial charge on any atom is -0.298 e. The molecule has 1 nitrogen and oxygen atoms in total. The molecule has 0 saturated carbocycles. The first-order valence-corrected chi connectivity index (χ1v) is 5.90. The molecule has 13 heavy (non-hydrogen) atoms. The van der Waals surface area contributed by atoms with Crippen molar-refractivity contribution in [1.29, 1.82) is 0 Å². The Kier molecular flexibility index (Phi) is 4.24. The van der Waals surface area contributed by atoms with E-state index in [-0.39, 0.29) is 0 Å². The maximum atomic E-state index is 2.72. The molecule has 0 bridgehead atoms. The maximum Gasteiger partial charge on any atom is 0.0101 e. The summed E-state index contributed by atoms with van der Waals surface area (Å²) in [5.41, 5.74) is 0. The molecule has 0 amide bonds. The molecule has 0 aromatic heterocycles. The largest absolute Gasteiger partial charge is 0.298 e. The second kappa shape index (κ2) is 4.99. The summed E-state index contributed by atoms with van der Waals surface area (Å²) in [5, 5.41) is 0. The lowest BCUT2D eigenvalue weighted by Crippen LogP contribution is -2.37. The maximum absolute atomic E-state index is 2.72. The van der Waals surface area contributed by atoms with Crippen molar-refractivity contribution >= 4 is 0 Å². The SMILES string of the molecule is CCC(C)N1CCCC1CC(C)C. The Hall–Kier alpha value is -0.0400. The summed E-state index contributed by atoms with van der Waals surface area (Å²) in [4.78, 5) is 2.72. The third kappa shape index (κ3) is 2.98. The third-order valence-corrected chi connectivity index (χ3v) is 3.32. The number of likely N-dealkylation sites (tertiary alicyclic amines) is 1.